The molecule has 4 heterocycles. The van der Waals surface area contributed by atoms with E-state index >= 15 is 0 Å². The molecule has 0 aromatic heterocycles. The summed E-state index contributed by atoms with van der Waals surface area (Å²) in [6, 6.07) is 9.30. The molecule has 234 valence electrons. The van der Waals surface area contributed by atoms with E-state index in [1.807, 2.05) is 30.3 Å². The number of esters is 1. The molecular formula is C29H42N2O11. The van der Waals surface area contributed by atoms with Crippen molar-refractivity contribution in [3.05, 3.63) is 35.9 Å². The number of nitrogens with one attached hydrogen (secondary N) is 1. The molecule has 4 aliphatic rings. The second-order valence-corrected chi connectivity index (χ2v) is 11.8. The number of carbonyl (C=O) groups is 2. The zero-order valence-corrected chi connectivity index (χ0v) is 24.8. The molecule has 0 bridgehead atoms. The van der Waals surface area contributed by atoms with Crippen molar-refractivity contribution in [3.63, 3.8) is 0 Å². The highest BCUT2D eigenvalue weighted by molar-refractivity contribution is 5.81. The van der Waals surface area contributed by atoms with Crippen molar-refractivity contribution in [1.29, 1.82) is 0 Å². The van der Waals surface area contributed by atoms with Crippen LogP contribution in [0.3, 0.4) is 0 Å². The van der Waals surface area contributed by atoms with E-state index in [0.717, 1.165) is 5.56 Å². The minimum absolute atomic E-state index is 0.0378. The summed E-state index contributed by atoms with van der Waals surface area (Å²) in [7, 11) is 3.03. The van der Waals surface area contributed by atoms with E-state index in [4.69, 9.17) is 48.4 Å². The van der Waals surface area contributed by atoms with Gasteiger partial charge in [-0.25, -0.2) is 0 Å². The Bertz CT molecular complexity index is 1100. The van der Waals surface area contributed by atoms with Gasteiger partial charge in [-0.05, 0) is 33.3 Å². The molecule has 4 saturated heterocycles. The molecule has 3 N–H and O–H groups in total. The summed E-state index contributed by atoms with van der Waals surface area (Å²) in [6.07, 6.45) is -5.32. The molecule has 1 aromatic carbocycles. The number of hydrogen-bond donors (Lipinski definition) is 2. The molecule has 1 aromatic rings. The lowest BCUT2D eigenvalue weighted by atomic mass is 9.93. The van der Waals surface area contributed by atoms with E-state index in [-0.39, 0.29) is 19.7 Å². The van der Waals surface area contributed by atoms with Crippen LogP contribution >= 0.6 is 0 Å². The van der Waals surface area contributed by atoms with E-state index in [2.05, 4.69) is 5.32 Å². The number of benzene rings is 1. The number of fused-ring (bicyclic) bond motifs is 2. The van der Waals surface area contributed by atoms with Crippen LogP contribution in [-0.4, -0.2) is 100.0 Å². The van der Waals surface area contributed by atoms with Gasteiger partial charge in [0, 0.05) is 27.3 Å². The van der Waals surface area contributed by atoms with Crippen LogP contribution in [0.4, 0.5) is 0 Å². The molecule has 0 radical (unpaired) electrons. The molecule has 4 fully saturated rings. The van der Waals surface area contributed by atoms with E-state index in [1.165, 1.54) is 14.2 Å². The SMILES string of the molecule is CO[C@@H]1[C@H]2OC(C)(C)O[C@H]2O[C@@H]1[C@H](CN)C(=O)NC[C@@H](C(=O)OCc1ccccc1)[C@H]1O[C@@H]2OC(C)(C)O[C@@H]2[C@H]1OC. The third-order valence-electron chi connectivity index (χ3n) is 8.01. The van der Waals surface area contributed by atoms with Gasteiger partial charge in [0.05, 0.1) is 5.92 Å². The van der Waals surface area contributed by atoms with Crippen molar-refractivity contribution in [2.75, 3.05) is 27.3 Å². The first-order chi connectivity index (χ1) is 20.0. The summed E-state index contributed by atoms with van der Waals surface area (Å²) < 4.78 is 53.0. The van der Waals surface area contributed by atoms with Gasteiger partial charge < -0.3 is 53.7 Å². The minimum Gasteiger partial charge on any atom is -0.460 e. The van der Waals surface area contributed by atoms with Gasteiger partial charge in [0.25, 0.3) is 0 Å². The van der Waals surface area contributed by atoms with Crippen LogP contribution in [0.5, 0.6) is 0 Å². The third kappa shape index (κ3) is 6.35. The Morgan fingerprint density at radius 1 is 0.857 bits per heavy atom. The van der Waals surface area contributed by atoms with Crippen LogP contribution in [0, 0.1) is 11.8 Å². The summed E-state index contributed by atoms with van der Waals surface area (Å²) in [5.74, 6) is -4.47. The van der Waals surface area contributed by atoms with Gasteiger partial charge in [-0.3, -0.25) is 9.59 Å². The minimum atomic E-state index is -0.948. The van der Waals surface area contributed by atoms with Crippen molar-refractivity contribution in [2.45, 2.75) is 95.1 Å². The standard InChI is InChI=1S/C29H42N2O11/c1-28(2)39-22-20(34-5)18(37-26(22)41-28)16(12-30)24(32)31-13-17(25(33)36-14-15-10-8-7-9-11-15)19-21(35-6)23-27(38-19)42-29(3,4)40-23/h7-11,16-23,26-27H,12-14,30H2,1-6H3,(H,31,32)/t16-,17+,18+,19+,20-,21-,22+,23+,26+,27+/m0/s1. The molecule has 0 unspecified atom stereocenters. The van der Waals surface area contributed by atoms with E-state index in [0.29, 0.717) is 0 Å². The molecule has 0 saturated carbocycles. The number of nitrogens with two attached hydrogens (primary N) is 1. The van der Waals surface area contributed by atoms with Crippen molar-refractivity contribution in [1.82, 2.24) is 5.32 Å². The number of ether oxygens (including phenoxy) is 9. The Morgan fingerprint density at radius 3 is 1.88 bits per heavy atom. The summed E-state index contributed by atoms with van der Waals surface area (Å²) in [4.78, 5) is 27.1. The van der Waals surface area contributed by atoms with Crippen molar-refractivity contribution in [2.24, 2.45) is 17.6 Å². The molecule has 5 rings (SSSR count). The number of carbonyl (C=O) groups excluding carboxylic acids is 2. The van der Waals surface area contributed by atoms with Gasteiger partial charge in [-0.15, -0.1) is 0 Å². The van der Waals surface area contributed by atoms with Gasteiger partial charge >= 0.3 is 5.97 Å². The number of amides is 1. The Morgan fingerprint density at radius 2 is 1.38 bits per heavy atom. The first-order valence-electron chi connectivity index (χ1n) is 14.2. The Labute approximate surface area is 245 Å². The zero-order valence-electron chi connectivity index (χ0n) is 24.8. The smallest absolute Gasteiger partial charge is 0.313 e. The normalized spacial score (nSPS) is 35.8. The fraction of sp³-hybridized carbons (Fsp3) is 0.724. The summed E-state index contributed by atoms with van der Waals surface area (Å²) >= 11 is 0. The summed E-state index contributed by atoms with van der Waals surface area (Å²) in [5, 5.41) is 2.87. The maximum absolute atomic E-state index is 13.5. The highest BCUT2D eigenvalue weighted by Gasteiger charge is 2.59. The lowest BCUT2D eigenvalue weighted by molar-refractivity contribution is -0.224. The van der Waals surface area contributed by atoms with Crippen LogP contribution < -0.4 is 11.1 Å². The monoisotopic (exact) mass is 594 g/mol. The van der Waals surface area contributed by atoms with Gasteiger partial charge in [0.1, 0.15) is 49.1 Å². The van der Waals surface area contributed by atoms with E-state index in [9.17, 15) is 9.59 Å². The second-order valence-electron chi connectivity index (χ2n) is 11.8. The summed E-state index contributed by atoms with van der Waals surface area (Å²) in [6.45, 7) is 7.01. The van der Waals surface area contributed by atoms with Gasteiger partial charge in [0.2, 0.25) is 5.91 Å². The third-order valence-corrected chi connectivity index (χ3v) is 8.01. The molecule has 0 spiro atoms. The zero-order chi connectivity index (χ0) is 30.2. The maximum atomic E-state index is 13.5. The van der Waals surface area contributed by atoms with Gasteiger partial charge in [0.15, 0.2) is 24.2 Å². The summed E-state index contributed by atoms with van der Waals surface area (Å²) in [5.41, 5.74) is 6.88. The van der Waals surface area contributed by atoms with Crippen LogP contribution in [0.1, 0.15) is 33.3 Å². The van der Waals surface area contributed by atoms with E-state index in [1.54, 1.807) is 27.7 Å². The Hall–Kier alpha value is -2.20. The molecule has 1 amide bonds. The lowest BCUT2D eigenvalue weighted by Gasteiger charge is -2.31. The molecule has 10 atom stereocenters. The van der Waals surface area contributed by atoms with Crippen molar-refractivity contribution < 1.29 is 52.2 Å². The fourth-order valence-electron chi connectivity index (χ4n) is 6.09. The molecule has 42 heavy (non-hydrogen) atoms. The van der Waals surface area contributed by atoms with Crippen LogP contribution in [-0.2, 0) is 58.8 Å². The predicted octanol–water partition coefficient (Wildman–Crippen LogP) is 0.820. The molecule has 13 nitrogen and oxygen atoms in total. The molecule has 0 aliphatic carbocycles. The largest absolute Gasteiger partial charge is 0.460 e. The van der Waals surface area contributed by atoms with Gasteiger partial charge in [-0.2, -0.15) is 0 Å². The van der Waals surface area contributed by atoms with Gasteiger partial charge in [-0.1, -0.05) is 30.3 Å². The first-order valence-corrected chi connectivity index (χ1v) is 14.2. The quantitative estimate of drug-likeness (QED) is 0.349. The van der Waals surface area contributed by atoms with Crippen molar-refractivity contribution >= 4 is 11.9 Å². The molecule has 13 heteroatoms. The van der Waals surface area contributed by atoms with Crippen LogP contribution in [0.25, 0.3) is 0 Å². The predicted molar refractivity (Wildman–Crippen MR) is 144 cm³/mol. The maximum Gasteiger partial charge on any atom is 0.313 e. The number of rotatable bonds is 11. The average Bonchev–Trinajstić information content (AvgIpc) is 3.62. The van der Waals surface area contributed by atoms with Crippen molar-refractivity contribution in [3.8, 4) is 0 Å². The number of methoxy groups -OCH3 is 2. The topological polar surface area (TPSA) is 155 Å². The molecular weight excluding hydrogens is 552 g/mol. The Kier molecular flexibility index (Phi) is 9.24. The van der Waals surface area contributed by atoms with Crippen LogP contribution in [0.2, 0.25) is 0 Å². The highest BCUT2D eigenvalue weighted by atomic mass is 16.9. The second kappa shape index (κ2) is 12.4. The molecule has 4 aliphatic heterocycles. The highest BCUT2D eigenvalue weighted by Crippen LogP contribution is 2.42. The van der Waals surface area contributed by atoms with E-state index < -0.39 is 84.5 Å². The Balaban J connectivity index is 1.29. The van der Waals surface area contributed by atoms with Crippen LogP contribution in [0.15, 0.2) is 30.3 Å². The number of hydrogen-bond acceptors (Lipinski definition) is 12. The first kappa shape index (κ1) is 31.2. The average molecular weight is 595 g/mol. The lowest BCUT2D eigenvalue weighted by Crippen LogP contribution is -2.51. The fourth-order valence-corrected chi connectivity index (χ4v) is 6.09.